The van der Waals surface area contributed by atoms with E-state index in [9.17, 15) is 9.90 Å². The van der Waals surface area contributed by atoms with Crippen molar-refractivity contribution in [1.82, 2.24) is 4.90 Å². The van der Waals surface area contributed by atoms with E-state index in [2.05, 4.69) is 18.0 Å². The molecule has 0 unspecified atom stereocenters. The molecule has 0 amide bonds. The van der Waals surface area contributed by atoms with Crippen LogP contribution in [-0.4, -0.2) is 54.7 Å². The lowest BCUT2D eigenvalue weighted by atomic mass is 9.47. The van der Waals surface area contributed by atoms with Gasteiger partial charge in [-0.15, -0.1) is 0 Å². The quantitative estimate of drug-likeness (QED) is 0.836. The summed E-state index contributed by atoms with van der Waals surface area (Å²) in [6.07, 6.45) is 4.81. The average molecular weight is 327 g/mol. The SMILES string of the molecule is COc1ccc2c3c1OC[C@H]1C(=O)C=C[C@@]4(O)[C@@H](C2)N(C)CC[C@]314. The first-order valence-corrected chi connectivity index (χ1v) is 8.52. The zero-order valence-electron chi connectivity index (χ0n) is 13.9. The van der Waals surface area contributed by atoms with E-state index in [0.29, 0.717) is 12.4 Å². The third-order valence-electron chi connectivity index (χ3n) is 6.74. The van der Waals surface area contributed by atoms with E-state index in [1.54, 1.807) is 19.3 Å². The number of nitrogens with zero attached hydrogens (tertiary/aromatic N) is 1. The van der Waals surface area contributed by atoms with Crippen LogP contribution in [0.4, 0.5) is 0 Å². The predicted molar refractivity (Wildman–Crippen MR) is 87.5 cm³/mol. The number of ketones is 1. The van der Waals surface area contributed by atoms with Crippen molar-refractivity contribution in [1.29, 1.82) is 0 Å². The molecule has 5 heteroatoms. The van der Waals surface area contributed by atoms with E-state index in [4.69, 9.17) is 9.47 Å². The molecule has 24 heavy (non-hydrogen) atoms. The average Bonchev–Trinajstić information content (AvgIpc) is 2.58. The lowest BCUT2D eigenvalue weighted by molar-refractivity contribution is -0.158. The molecule has 0 radical (unpaired) electrons. The van der Waals surface area contributed by atoms with Crippen LogP contribution in [0.25, 0.3) is 0 Å². The second-order valence-corrected chi connectivity index (χ2v) is 7.48. The van der Waals surface area contributed by atoms with Gasteiger partial charge in [-0.2, -0.15) is 0 Å². The summed E-state index contributed by atoms with van der Waals surface area (Å²) in [5.41, 5.74) is 0.518. The Hall–Kier alpha value is -1.85. The Bertz CT molecular complexity index is 788. The fraction of sp³-hybridized carbons (Fsp3) is 0.526. The van der Waals surface area contributed by atoms with Gasteiger partial charge in [0.2, 0.25) is 0 Å². The number of likely N-dealkylation sites (tertiary alicyclic amines) is 1. The minimum Gasteiger partial charge on any atom is -0.493 e. The highest BCUT2D eigenvalue weighted by atomic mass is 16.5. The lowest BCUT2D eigenvalue weighted by Crippen LogP contribution is -2.75. The van der Waals surface area contributed by atoms with Gasteiger partial charge in [0.1, 0.15) is 5.60 Å². The number of ether oxygens (including phenoxy) is 2. The number of hydrogen-bond donors (Lipinski definition) is 1. The molecule has 4 aliphatic rings. The first kappa shape index (κ1) is 14.5. The Morgan fingerprint density at radius 3 is 3.04 bits per heavy atom. The Morgan fingerprint density at radius 2 is 2.25 bits per heavy atom. The van der Waals surface area contributed by atoms with Gasteiger partial charge in [-0.05, 0) is 50.2 Å². The highest BCUT2D eigenvalue weighted by molar-refractivity contribution is 5.96. The monoisotopic (exact) mass is 327 g/mol. The van der Waals surface area contributed by atoms with Gasteiger partial charge in [-0.25, -0.2) is 0 Å². The van der Waals surface area contributed by atoms with Crippen molar-refractivity contribution in [2.45, 2.75) is 29.9 Å². The number of carbonyl (C=O) groups excluding carboxylic acids is 1. The largest absolute Gasteiger partial charge is 0.493 e. The number of aliphatic hydroxyl groups is 1. The van der Waals surface area contributed by atoms with Gasteiger partial charge in [0.25, 0.3) is 0 Å². The Kier molecular flexibility index (Phi) is 2.66. The summed E-state index contributed by atoms with van der Waals surface area (Å²) < 4.78 is 11.5. The van der Waals surface area contributed by atoms with Crippen LogP contribution in [0.1, 0.15) is 17.5 Å². The van der Waals surface area contributed by atoms with Crippen molar-refractivity contribution in [3.8, 4) is 11.5 Å². The molecule has 1 aromatic rings. The summed E-state index contributed by atoms with van der Waals surface area (Å²) in [6.45, 7) is 1.16. The standard InChI is InChI=1S/C19H21NO4/c1-20-8-7-18-12-10-24-17-14(23-2)4-3-11(16(17)18)9-15(20)19(18,22)6-5-13(12)21/h3-6,12,15,22H,7-10H2,1-2H3/t12-,15+,18+,19+/m0/s1. The number of piperidine rings is 1. The van der Waals surface area contributed by atoms with Crippen molar-refractivity contribution < 1.29 is 19.4 Å². The number of benzene rings is 1. The van der Waals surface area contributed by atoms with E-state index >= 15 is 0 Å². The van der Waals surface area contributed by atoms with Crippen LogP contribution in [0.15, 0.2) is 24.3 Å². The maximum absolute atomic E-state index is 12.7. The second kappa shape index (κ2) is 4.41. The first-order valence-electron chi connectivity index (χ1n) is 8.52. The lowest BCUT2D eigenvalue weighted by Gasteiger charge is -2.64. The van der Waals surface area contributed by atoms with Crippen LogP contribution >= 0.6 is 0 Å². The number of rotatable bonds is 1. The molecule has 2 aliphatic carbocycles. The molecule has 126 valence electrons. The van der Waals surface area contributed by atoms with Crippen molar-refractivity contribution in [3.63, 3.8) is 0 Å². The molecule has 2 bridgehead atoms. The fourth-order valence-corrected chi connectivity index (χ4v) is 5.60. The maximum atomic E-state index is 12.7. The molecule has 1 fully saturated rings. The van der Waals surface area contributed by atoms with Crippen LogP contribution in [-0.2, 0) is 16.6 Å². The zero-order valence-corrected chi connectivity index (χ0v) is 13.9. The number of likely N-dealkylation sites (N-methyl/N-ethyl adjacent to an activating group) is 1. The van der Waals surface area contributed by atoms with Gasteiger partial charge in [0, 0.05) is 17.0 Å². The van der Waals surface area contributed by atoms with Gasteiger partial charge in [0.15, 0.2) is 17.3 Å². The van der Waals surface area contributed by atoms with Gasteiger partial charge in [-0.1, -0.05) is 6.07 Å². The second-order valence-electron chi connectivity index (χ2n) is 7.48. The first-order chi connectivity index (χ1) is 11.5. The number of hydrogen-bond acceptors (Lipinski definition) is 5. The minimum absolute atomic E-state index is 0.0232. The van der Waals surface area contributed by atoms with Crippen LogP contribution < -0.4 is 9.47 Å². The number of carbonyl (C=O) groups is 1. The fourth-order valence-electron chi connectivity index (χ4n) is 5.60. The summed E-state index contributed by atoms with van der Waals surface area (Å²) >= 11 is 0. The van der Waals surface area contributed by atoms with Crippen LogP contribution in [0.5, 0.6) is 11.5 Å². The molecule has 0 aromatic heterocycles. The maximum Gasteiger partial charge on any atom is 0.165 e. The summed E-state index contributed by atoms with van der Waals surface area (Å²) in [5.74, 6) is 1.13. The molecular formula is C19H21NO4. The van der Waals surface area contributed by atoms with Gasteiger partial charge in [-0.3, -0.25) is 9.69 Å². The minimum atomic E-state index is -1.05. The highest BCUT2D eigenvalue weighted by Gasteiger charge is 2.69. The summed E-state index contributed by atoms with van der Waals surface area (Å²) in [7, 11) is 3.69. The highest BCUT2D eigenvalue weighted by Crippen LogP contribution is 2.62. The Labute approximate surface area is 140 Å². The van der Waals surface area contributed by atoms with Crippen molar-refractivity contribution >= 4 is 5.78 Å². The molecule has 5 rings (SSSR count). The smallest absolute Gasteiger partial charge is 0.165 e. The molecule has 2 aliphatic heterocycles. The topological polar surface area (TPSA) is 59.0 Å². The normalized spacial score (nSPS) is 39.2. The van der Waals surface area contributed by atoms with Crippen LogP contribution in [0.3, 0.4) is 0 Å². The Morgan fingerprint density at radius 1 is 1.42 bits per heavy atom. The molecule has 5 nitrogen and oxygen atoms in total. The van der Waals surface area contributed by atoms with E-state index in [1.165, 1.54) is 5.56 Å². The third kappa shape index (κ3) is 1.38. The summed E-state index contributed by atoms with van der Waals surface area (Å²) in [6, 6.07) is 3.98. The molecule has 4 atom stereocenters. The van der Waals surface area contributed by atoms with Crippen LogP contribution in [0, 0.1) is 5.92 Å². The summed E-state index contributed by atoms with van der Waals surface area (Å²) in [5, 5.41) is 11.8. The van der Waals surface area contributed by atoms with Gasteiger partial charge < -0.3 is 14.6 Å². The molecule has 2 heterocycles. The molecule has 1 spiro atoms. The van der Waals surface area contributed by atoms with Crippen molar-refractivity contribution in [2.24, 2.45) is 5.92 Å². The van der Waals surface area contributed by atoms with Crippen molar-refractivity contribution in [2.75, 3.05) is 27.3 Å². The molecule has 0 saturated carbocycles. The third-order valence-corrected chi connectivity index (χ3v) is 6.74. The predicted octanol–water partition coefficient (Wildman–Crippen LogP) is 1.07. The van der Waals surface area contributed by atoms with E-state index in [-0.39, 0.29) is 17.7 Å². The summed E-state index contributed by atoms with van der Waals surface area (Å²) in [4.78, 5) is 14.9. The van der Waals surface area contributed by atoms with Crippen LogP contribution in [0.2, 0.25) is 0 Å². The van der Waals surface area contributed by atoms with Gasteiger partial charge in [0.05, 0.1) is 19.6 Å². The number of methoxy groups -OCH3 is 1. The molecular weight excluding hydrogens is 306 g/mol. The molecule has 1 aromatic carbocycles. The molecule has 1 saturated heterocycles. The van der Waals surface area contributed by atoms with E-state index < -0.39 is 11.0 Å². The Balaban J connectivity index is 1.89. The number of allylic oxidation sites excluding steroid dienone is 1. The van der Waals surface area contributed by atoms with Crippen molar-refractivity contribution in [3.05, 3.63) is 35.4 Å². The molecule has 1 N–H and O–H groups in total. The van der Waals surface area contributed by atoms with E-state index in [0.717, 1.165) is 30.7 Å². The van der Waals surface area contributed by atoms with Gasteiger partial charge >= 0.3 is 0 Å². The van der Waals surface area contributed by atoms with E-state index in [1.807, 2.05) is 6.07 Å². The zero-order chi connectivity index (χ0) is 16.7.